The minimum Gasteiger partial charge on any atom is -0.324 e. The monoisotopic (exact) mass is 527 g/mol. The van der Waals surface area contributed by atoms with Gasteiger partial charge in [-0.05, 0) is 35.9 Å². The number of halogens is 4. The van der Waals surface area contributed by atoms with Crippen molar-refractivity contribution in [3.8, 4) is 0 Å². The molecule has 1 amide bonds. The van der Waals surface area contributed by atoms with Crippen molar-refractivity contribution in [2.75, 3.05) is 5.32 Å². The molecule has 0 aliphatic rings. The van der Waals surface area contributed by atoms with Gasteiger partial charge >= 0.3 is 11.9 Å². The van der Waals surface area contributed by atoms with Crippen LogP contribution in [0.5, 0.6) is 0 Å². The molecule has 0 saturated carbocycles. The number of nitrogens with zero attached hydrogens (tertiary/aromatic N) is 2. The first kappa shape index (κ1) is 24.4. The Hall–Kier alpha value is -4.25. The number of rotatable bonds is 5. The first-order valence-electron chi connectivity index (χ1n) is 11.0. The number of para-hydroxylation sites is 1. The molecule has 0 atom stereocenters. The van der Waals surface area contributed by atoms with E-state index in [-0.39, 0.29) is 16.8 Å². The van der Waals surface area contributed by atoms with Crippen molar-refractivity contribution in [3.63, 3.8) is 0 Å². The van der Waals surface area contributed by atoms with Crippen molar-refractivity contribution in [2.24, 2.45) is 0 Å². The Kier molecular flexibility index (Phi) is 6.16. The molecule has 0 unspecified atom stereocenters. The van der Waals surface area contributed by atoms with Crippen molar-refractivity contribution < 1.29 is 22.4 Å². The van der Waals surface area contributed by atoms with Gasteiger partial charge in [-0.25, -0.2) is 9.18 Å². The van der Waals surface area contributed by atoms with E-state index in [2.05, 4.69) is 5.32 Å². The summed E-state index contributed by atoms with van der Waals surface area (Å²) in [6.07, 6.45) is -4.69. The lowest BCUT2D eigenvalue weighted by atomic mass is 10.1. The summed E-state index contributed by atoms with van der Waals surface area (Å²) in [6, 6.07) is 16.7. The molecule has 37 heavy (non-hydrogen) atoms. The molecule has 0 fully saturated rings. The van der Waals surface area contributed by atoms with Gasteiger partial charge < -0.3 is 5.32 Å². The van der Waals surface area contributed by atoms with E-state index in [1.165, 1.54) is 36.4 Å². The summed E-state index contributed by atoms with van der Waals surface area (Å²) in [7, 11) is 0. The van der Waals surface area contributed by atoms with Gasteiger partial charge in [0.25, 0.3) is 5.56 Å². The van der Waals surface area contributed by atoms with Crippen molar-refractivity contribution in [1.29, 1.82) is 0 Å². The average Bonchev–Trinajstić information content (AvgIpc) is 3.25. The van der Waals surface area contributed by atoms with Gasteiger partial charge in [0.1, 0.15) is 17.1 Å². The number of hydrogen-bond donors (Lipinski definition) is 1. The molecule has 2 aromatic heterocycles. The van der Waals surface area contributed by atoms with Gasteiger partial charge in [-0.15, -0.1) is 11.3 Å². The smallest absolute Gasteiger partial charge is 0.324 e. The maximum atomic E-state index is 13.5. The number of benzene rings is 3. The molecule has 0 spiro atoms. The maximum absolute atomic E-state index is 13.5. The molecular formula is C26H17F4N3O3S. The zero-order chi connectivity index (χ0) is 26.3. The van der Waals surface area contributed by atoms with Crippen LogP contribution in [0.4, 0.5) is 23.2 Å². The lowest BCUT2D eigenvalue weighted by Gasteiger charge is -2.15. The van der Waals surface area contributed by atoms with E-state index in [4.69, 9.17) is 0 Å². The Morgan fingerprint density at radius 3 is 2.30 bits per heavy atom. The maximum Gasteiger partial charge on any atom is 0.418 e. The number of alkyl halides is 3. The zero-order valence-corrected chi connectivity index (χ0v) is 19.7. The summed E-state index contributed by atoms with van der Waals surface area (Å²) in [5, 5.41) is 2.81. The number of fused-ring (bicyclic) bond motifs is 3. The Bertz CT molecular complexity index is 1770. The van der Waals surface area contributed by atoms with Gasteiger partial charge in [-0.2, -0.15) is 13.2 Å². The molecule has 11 heteroatoms. The number of carbonyl (C=O) groups is 1. The predicted molar refractivity (Wildman–Crippen MR) is 133 cm³/mol. The lowest BCUT2D eigenvalue weighted by Crippen LogP contribution is -2.41. The third kappa shape index (κ3) is 4.65. The molecule has 3 aromatic carbocycles. The molecule has 0 saturated heterocycles. The highest BCUT2D eigenvalue weighted by Gasteiger charge is 2.33. The molecule has 2 heterocycles. The van der Waals surface area contributed by atoms with Crippen molar-refractivity contribution in [1.82, 2.24) is 9.13 Å². The van der Waals surface area contributed by atoms with Crippen LogP contribution in [-0.2, 0) is 24.1 Å². The van der Waals surface area contributed by atoms with E-state index in [1.54, 1.807) is 24.3 Å². The summed E-state index contributed by atoms with van der Waals surface area (Å²) in [5.74, 6) is -1.35. The third-order valence-corrected chi connectivity index (χ3v) is 6.95. The highest BCUT2D eigenvalue weighted by Crippen LogP contribution is 2.35. The van der Waals surface area contributed by atoms with Crippen LogP contribution < -0.4 is 16.6 Å². The predicted octanol–water partition coefficient (Wildman–Crippen LogP) is 5.22. The number of aromatic nitrogens is 2. The van der Waals surface area contributed by atoms with Gasteiger partial charge in [-0.3, -0.25) is 18.7 Å². The summed E-state index contributed by atoms with van der Waals surface area (Å²) in [4.78, 5) is 39.8. The molecule has 5 rings (SSSR count). The van der Waals surface area contributed by atoms with Crippen LogP contribution in [-0.4, -0.2) is 15.0 Å². The van der Waals surface area contributed by atoms with E-state index in [0.29, 0.717) is 15.6 Å². The van der Waals surface area contributed by atoms with E-state index in [9.17, 15) is 31.9 Å². The molecule has 0 radical (unpaired) electrons. The van der Waals surface area contributed by atoms with E-state index in [0.717, 1.165) is 32.6 Å². The van der Waals surface area contributed by atoms with Crippen LogP contribution in [0, 0.1) is 5.82 Å². The fourth-order valence-corrected chi connectivity index (χ4v) is 5.28. The molecule has 0 aliphatic heterocycles. The molecule has 5 aromatic rings. The minimum absolute atomic E-state index is 0.180. The number of nitrogens with one attached hydrogen (secondary N) is 1. The number of anilines is 1. The summed E-state index contributed by atoms with van der Waals surface area (Å²) >= 11 is 1.14. The molecule has 0 aliphatic carbocycles. The zero-order valence-electron chi connectivity index (χ0n) is 18.9. The summed E-state index contributed by atoms with van der Waals surface area (Å²) in [6.45, 7) is -0.813. The highest BCUT2D eigenvalue weighted by atomic mass is 32.1. The Balaban J connectivity index is 1.63. The third-order valence-electron chi connectivity index (χ3n) is 5.80. The lowest BCUT2D eigenvalue weighted by molar-refractivity contribution is -0.137. The molecule has 6 nitrogen and oxygen atoms in total. The summed E-state index contributed by atoms with van der Waals surface area (Å²) < 4.78 is 56.5. The van der Waals surface area contributed by atoms with E-state index < -0.39 is 46.9 Å². The average molecular weight is 527 g/mol. The van der Waals surface area contributed by atoms with Crippen molar-refractivity contribution in [3.05, 3.63) is 111 Å². The Labute approximate surface area is 210 Å². The standard InChI is InChI=1S/C26H17F4N3O3S/c27-16-11-9-15(10-12-16)13-33-24(35)23-22(17-5-1-4-8-20(17)37-23)32(25(33)36)14-21(34)31-19-7-3-2-6-18(19)26(28,29)30/h1-12H,13-14H2,(H,31,34). The fraction of sp³-hybridized carbons (Fsp3) is 0.115. The van der Waals surface area contributed by atoms with Gasteiger partial charge in [0, 0.05) is 10.1 Å². The van der Waals surface area contributed by atoms with E-state index >= 15 is 0 Å². The highest BCUT2D eigenvalue weighted by molar-refractivity contribution is 7.25. The van der Waals surface area contributed by atoms with Gasteiger partial charge in [-0.1, -0.05) is 42.5 Å². The second-order valence-electron chi connectivity index (χ2n) is 8.25. The molecule has 188 valence electrons. The molecular weight excluding hydrogens is 510 g/mol. The quantitative estimate of drug-likeness (QED) is 0.319. The molecule has 1 N–H and O–H groups in total. The number of thiophene rings is 1. The normalized spacial score (nSPS) is 11.8. The largest absolute Gasteiger partial charge is 0.418 e. The topological polar surface area (TPSA) is 73.1 Å². The fourth-order valence-electron chi connectivity index (χ4n) is 4.13. The minimum atomic E-state index is -4.69. The van der Waals surface area contributed by atoms with Crippen molar-refractivity contribution in [2.45, 2.75) is 19.3 Å². The van der Waals surface area contributed by atoms with Gasteiger partial charge in [0.15, 0.2) is 0 Å². The van der Waals surface area contributed by atoms with Crippen LogP contribution in [0.15, 0.2) is 82.4 Å². The Morgan fingerprint density at radius 1 is 0.892 bits per heavy atom. The summed E-state index contributed by atoms with van der Waals surface area (Å²) in [5.41, 5.74) is -2.15. The number of hydrogen-bond acceptors (Lipinski definition) is 4. The van der Waals surface area contributed by atoms with Crippen LogP contribution in [0.25, 0.3) is 20.3 Å². The second kappa shape index (κ2) is 9.32. The second-order valence-corrected chi connectivity index (χ2v) is 9.31. The SMILES string of the molecule is O=C(Cn1c(=O)n(Cc2ccc(F)cc2)c(=O)c2sc3ccccc3c21)Nc1ccccc1C(F)(F)F. The van der Waals surface area contributed by atoms with Crippen LogP contribution in [0.2, 0.25) is 0 Å². The van der Waals surface area contributed by atoms with E-state index in [1.807, 2.05) is 0 Å². The van der Waals surface area contributed by atoms with Crippen LogP contribution in [0.1, 0.15) is 11.1 Å². The molecule has 0 bridgehead atoms. The number of amides is 1. The first-order chi connectivity index (χ1) is 17.6. The van der Waals surface area contributed by atoms with Crippen molar-refractivity contribution >= 4 is 43.2 Å². The van der Waals surface area contributed by atoms with Gasteiger partial charge in [0.2, 0.25) is 5.91 Å². The first-order valence-corrected chi connectivity index (χ1v) is 11.8. The van der Waals surface area contributed by atoms with Crippen LogP contribution in [0.3, 0.4) is 0 Å². The number of carbonyl (C=O) groups excluding carboxylic acids is 1. The Morgan fingerprint density at radius 2 is 1.57 bits per heavy atom. The van der Waals surface area contributed by atoms with Crippen LogP contribution >= 0.6 is 11.3 Å². The van der Waals surface area contributed by atoms with Gasteiger partial charge in [0.05, 0.1) is 23.3 Å².